The average molecular weight is 658 g/mol. The molecule has 0 radical (unpaired) electrons. The van der Waals surface area contributed by atoms with Crippen molar-refractivity contribution in [2.24, 2.45) is 0 Å². The molecule has 0 saturated carbocycles. The van der Waals surface area contributed by atoms with Crippen LogP contribution in [0.15, 0.2) is 0 Å². The second-order valence-corrected chi connectivity index (χ2v) is 8.51. The van der Waals surface area contributed by atoms with E-state index in [4.69, 9.17) is 4.74 Å². The molecule has 0 bridgehead atoms. The third-order valence-electron chi connectivity index (χ3n) is 3.46. The van der Waals surface area contributed by atoms with Crippen LogP contribution in [0.25, 0.3) is 0 Å². The molecule has 0 aliphatic carbocycles. The summed E-state index contributed by atoms with van der Waals surface area (Å²) in [6, 6.07) is 0. The highest BCUT2D eigenvalue weighted by atomic mass is 127. The summed E-state index contributed by atoms with van der Waals surface area (Å²) in [6.07, 6.45) is 8.27. The van der Waals surface area contributed by atoms with Gasteiger partial charge >= 0.3 is 5.97 Å². The van der Waals surface area contributed by atoms with Gasteiger partial charge in [0.15, 0.2) is 11.5 Å². The van der Waals surface area contributed by atoms with Crippen LogP contribution in [0.1, 0.15) is 62.2 Å². The highest BCUT2D eigenvalue weighted by Gasteiger charge is 2.25. The molecule has 23 heavy (non-hydrogen) atoms. The summed E-state index contributed by atoms with van der Waals surface area (Å²) < 4.78 is 7.80. The lowest BCUT2D eigenvalue weighted by atomic mass is 10.1. The predicted molar refractivity (Wildman–Crippen MR) is 117 cm³/mol. The lowest BCUT2D eigenvalue weighted by molar-refractivity contribution is 0.0691. The zero-order valence-electron chi connectivity index (χ0n) is 13.0. The molecule has 0 spiro atoms. The number of aromatic carboxylic acids is 1. The molecule has 0 atom stereocenters. The minimum absolute atomic E-state index is 0.0787. The zero-order valence-corrected chi connectivity index (χ0v) is 19.5. The summed E-state index contributed by atoms with van der Waals surface area (Å²) in [5.74, 6) is -1.12. The van der Waals surface area contributed by atoms with Crippen molar-refractivity contribution in [1.82, 2.24) is 0 Å². The second-order valence-electron chi connectivity index (χ2n) is 5.27. The fourth-order valence-corrected chi connectivity index (χ4v) is 4.65. The Labute approximate surface area is 178 Å². The van der Waals surface area contributed by atoms with Gasteiger partial charge in [0.05, 0.1) is 10.2 Å². The molecule has 0 heterocycles. The SMILES string of the molecule is CCCCCCCCCOc1c(O)c(C(=O)O)c(I)c(I)c1I. The van der Waals surface area contributed by atoms with Crippen molar-refractivity contribution in [3.63, 3.8) is 0 Å². The molecule has 0 unspecified atom stereocenters. The highest BCUT2D eigenvalue weighted by Crippen LogP contribution is 2.41. The van der Waals surface area contributed by atoms with Gasteiger partial charge in [-0.1, -0.05) is 45.4 Å². The van der Waals surface area contributed by atoms with E-state index < -0.39 is 5.97 Å². The van der Waals surface area contributed by atoms with E-state index in [-0.39, 0.29) is 11.3 Å². The second kappa shape index (κ2) is 11.2. The van der Waals surface area contributed by atoms with Crippen LogP contribution in [-0.2, 0) is 0 Å². The molecule has 0 fully saturated rings. The van der Waals surface area contributed by atoms with Crippen LogP contribution in [0, 0.1) is 10.7 Å². The van der Waals surface area contributed by atoms with E-state index in [1.165, 1.54) is 32.1 Å². The molecule has 0 aliphatic rings. The third-order valence-corrected chi connectivity index (χ3v) is 8.72. The molecule has 0 saturated heterocycles. The first-order valence-corrected chi connectivity index (χ1v) is 10.9. The highest BCUT2D eigenvalue weighted by molar-refractivity contribution is 14.1. The number of hydrogen-bond donors (Lipinski definition) is 2. The first-order valence-electron chi connectivity index (χ1n) is 7.67. The Morgan fingerprint density at radius 3 is 2.09 bits per heavy atom. The molecule has 2 N–H and O–H groups in total. The van der Waals surface area contributed by atoms with Crippen molar-refractivity contribution in [2.75, 3.05) is 6.61 Å². The van der Waals surface area contributed by atoms with Crippen molar-refractivity contribution in [1.29, 1.82) is 0 Å². The monoisotopic (exact) mass is 658 g/mol. The summed E-state index contributed by atoms with van der Waals surface area (Å²) in [4.78, 5) is 11.3. The molecule has 7 heteroatoms. The number of aromatic hydroxyl groups is 1. The molecule has 0 aromatic heterocycles. The van der Waals surface area contributed by atoms with Gasteiger partial charge in [0.2, 0.25) is 0 Å². The molecule has 1 aromatic rings. The van der Waals surface area contributed by atoms with Gasteiger partial charge in [-0.25, -0.2) is 4.79 Å². The van der Waals surface area contributed by atoms with Gasteiger partial charge in [-0.05, 0) is 74.2 Å². The molecular formula is C16H21I3O4. The summed E-state index contributed by atoms with van der Waals surface area (Å²) in [7, 11) is 0. The van der Waals surface area contributed by atoms with E-state index in [9.17, 15) is 15.0 Å². The quantitative estimate of drug-likeness (QED) is 0.183. The lowest BCUT2D eigenvalue weighted by Crippen LogP contribution is -2.08. The standard InChI is InChI=1S/C16H21I3O4/c1-2-3-4-5-6-7-8-9-23-15-13(19)12(18)11(17)10(14(15)20)16(21)22/h20H,2-9H2,1H3,(H,21,22). The Balaban J connectivity index is 2.62. The summed E-state index contributed by atoms with van der Waals surface area (Å²) in [6.45, 7) is 2.70. The van der Waals surface area contributed by atoms with E-state index in [0.29, 0.717) is 15.9 Å². The number of carbonyl (C=O) groups is 1. The largest absolute Gasteiger partial charge is 0.504 e. The minimum atomic E-state index is -1.14. The number of halogens is 3. The van der Waals surface area contributed by atoms with Crippen molar-refractivity contribution in [2.45, 2.75) is 51.9 Å². The number of benzene rings is 1. The van der Waals surface area contributed by atoms with Crippen LogP contribution in [0.2, 0.25) is 0 Å². The van der Waals surface area contributed by atoms with Crippen LogP contribution < -0.4 is 4.74 Å². The van der Waals surface area contributed by atoms with Gasteiger partial charge in [-0.2, -0.15) is 0 Å². The topological polar surface area (TPSA) is 66.8 Å². The van der Waals surface area contributed by atoms with Crippen LogP contribution in [0.4, 0.5) is 0 Å². The van der Waals surface area contributed by atoms with Gasteiger partial charge in [0, 0.05) is 7.14 Å². The number of rotatable bonds is 10. The Morgan fingerprint density at radius 2 is 1.52 bits per heavy atom. The van der Waals surface area contributed by atoms with Crippen LogP contribution in [-0.4, -0.2) is 22.8 Å². The van der Waals surface area contributed by atoms with E-state index in [1.807, 2.05) is 22.6 Å². The van der Waals surface area contributed by atoms with Crippen LogP contribution in [0.5, 0.6) is 11.5 Å². The minimum Gasteiger partial charge on any atom is -0.504 e. The Bertz CT molecular complexity index is 547. The molecular weight excluding hydrogens is 637 g/mol. The van der Waals surface area contributed by atoms with E-state index in [2.05, 4.69) is 52.1 Å². The third kappa shape index (κ3) is 6.37. The first kappa shape index (κ1) is 21.5. The van der Waals surface area contributed by atoms with Gasteiger partial charge in [-0.3, -0.25) is 0 Å². The van der Waals surface area contributed by atoms with Crippen LogP contribution >= 0.6 is 67.8 Å². The Morgan fingerprint density at radius 1 is 0.957 bits per heavy atom. The van der Waals surface area contributed by atoms with Crippen molar-refractivity contribution in [3.8, 4) is 11.5 Å². The molecule has 0 amide bonds. The maximum absolute atomic E-state index is 11.3. The Kier molecular flexibility index (Phi) is 10.4. The lowest BCUT2D eigenvalue weighted by Gasteiger charge is -2.15. The molecule has 130 valence electrons. The van der Waals surface area contributed by atoms with E-state index >= 15 is 0 Å². The predicted octanol–water partition coefficient (Wildman–Crippen LogP) is 6.03. The van der Waals surface area contributed by atoms with E-state index in [1.54, 1.807) is 0 Å². The van der Waals surface area contributed by atoms with Gasteiger partial charge < -0.3 is 14.9 Å². The number of phenols is 1. The number of unbranched alkanes of at least 4 members (excludes halogenated alkanes) is 6. The Hall–Kier alpha value is 0.480. The first-order chi connectivity index (χ1) is 10.9. The fourth-order valence-electron chi connectivity index (χ4n) is 2.19. The molecule has 1 aromatic carbocycles. The summed E-state index contributed by atoms with van der Waals surface area (Å²) in [5.41, 5.74) is -0.0787. The van der Waals surface area contributed by atoms with Crippen molar-refractivity contribution < 1.29 is 19.7 Å². The van der Waals surface area contributed by atoms with Crippen LogP contribution in [0.3, 0.4) is 0 Å². The normalized spacial score (nSPS) is 10.8. The van der Waals surface area contributed by atoms with Gasteiger partial charge in [0.1, 0.15) is 5.56 Å². The number of carboxylic acid groups (broad SMARTS) is 1. The van der Waals surface area contributed by atoms with Crippen molar-refractivity contribution >= 4 is 73.7 Å². The van der Waals surface area contributed by atoms with Crippen molar-refractivity contribution in [3.05, 3.63) is 16.3 Å². The molecule has 1 rings (SSSR count). The average Bonchev–Trinajstić information content (AvgIpc) is 2.50. The number of carboxylic acids is 1. The fraction of sp³-hybridized carbons (Fsp3) is 0.562. The summed E-state index contributed by atoms with van der Waals surface area (Å²) in [5, 5.41) is 19.5. The van der Waals surface area contributed by atoms with Gasteiger partial charge in [0.25, 0.3) is 0 Å². The van der Waals surface area contributed by atoms with E-state index in [0.717, 1.165) is 20.0 Å². The molecule has 0 aliphatic heterocycles. The number of hydrogen-bond acceptors (Lipinski definition) is 3. The maximum atomic E-state index is 11.3. The van der Waals surface area contributed by atoms with Gasteiger partial charge in [-0.15, -0.1) is 0 Å². The number of ether oxygens (including phenoxy) is 1. The smallest absolute Gasteiger partial charge is 0.340 e. The summed E-state index contributed by atoms with van der Waals surface area (Å²) >= 11 is 6.12. The zero-order chi connectivity index (χ0) is 17.4. The maximum Gasteiger partial charge on any atom is 0.340 e. The molecule has 4 nitrogen and oxygen atoms in total.